The first-order chi connectivity index (χ1) is 21.2. The molecule has 7 rings (SSSR count). The topological polar surface area (TPSA) is 101 Å². The summed E-state index contributed by atoms with van der Waals surface area (Å²) in [6, 6.07) is 21.7. The minimum atomic E-state index is -0.738. The number of phenols is 1. The third kappa shape index (κ3) is 4.56. The molecule has 8 heteroatoms. The number of carbonyl (C=O) groups excluding carboxylic acids is 4. The summed E-state index contributed by atoms with van der Waals surface area (Å²) in [5.74, 6) is -3.19. The van der Waals surface area contributed by atoms with E-state index >= 15 is 0 Å². The van der Waals surface area contributed by atoms with Crippen molar-refractivity contribution in [1.82, 2.24) is 0 Å². The zero-order valence-electron chi connectivity index (χ0n) is 23.8. The number of rotatable bonds is 5. The summed E-state index contributed by atoms with van der Waals surface area (Å²) < 4.78 is 6.75. The van der Waals surface area contributed by atoms with Gasteiger partial charge in [-0.05, 0) is 67.7 Å². The summed E-state index contributed by atoms with van der Waals surface area (Å²) in [5, 5.41) is 11.4. The largest absolute Gasteiger partial charge is 0.507 e. The highest BCUT2D eigenvalue weighted by Gasteiger charge is 2.56. The molecule has 1 N–H and O–H groups in total. The van der Waals surface area contributed by atoms with E-state index in [9.17, 15) is 24.3 Å². The van der Waals surface area contributed by atoms with Crippen LogP contribution in [-0.2, 0) is 25.8 Å². The number of imide groups is 1. The second kappa shape index (κ2) is 10.9. The lowest BCUT2D eigenvalue weighted by Gasteiger charge is -2.42. The Morgan fingerprint density at radius 3 is 2.41 bits per heavy atom. The van der Waals surface area contributed by atoms with Gasteiger partial charge in [0.15, 0.2) is 11.6 Å². The van der Waals surface area contributed by atoms with Crippen LogP contribution in [-0.4, -0.2) is 28.5 Å². The molecule has 0 spiro atoms. The van der Waals surface area contributed by atoms with E-state index in [4.69, 9.17) is 4.74 Å². The number of hydrogen-bond acceptors (Lipinski definition) is 6. The molecule has 44 heavy (non-hydrogen) atoms. The van der Waals surface area contributed by atoms with E-state index in [1.165, 1.54) is 17.0 Å². The van der Waals surface area contributed by atoms with Crippen LogP contribution in [0, 0.1) is 17.8 Å². The van der Waals surface area contributed by atoms with E-state index in [0.29, 0.717) is 46.7 Å². The van der Waals surface area contributed by atoms with Gasteiger partial charge in [0.05, 0.1) is 17.5 Å². The lowest BCUT2D eigenvalue weighted by atomic mass is 9.59. The fourth-order valence-electron chi connectivity index (χ4n) is 7.16. The number of anilines is 1. The third-order valence-corrected chi connectivity index (χ3v) is 9.74. The Balaban J connectivity index is 1.28. The number of amides is 2. The van der Waals surface area contributed by atoms with Gasteiger partial charge in [-0.25, -0.2) is 0 Å². The van der Waals surface area contributed by atoms with Gasteiger partial charge in [-0.15, -0.1) is 0 Å². The van der Waals surface area contributed by atoms with Crippen molar-refractivity contribution in [1.29, 1.82) is 0 Å². The van der Waals surface area contributed by atoms with Crippen LogP contribution in [0.2, 0.25) is 0 Å². The van der Waals surface area contributed by atoms with Gasteiger partial charge in [-0.3, -0.25) is 24.1 Å². The number of ether oxygens (including phenoxy) is 1. The fraction of sp³-hybridized carbons (Fsp3) is 0.222. The van der Waals surface area contributed by atoms with Gasteiger partial charge >= 0.3 is 0 Å². The van der Waals surface area contributed by atoms with Crippen LogP contribution in [0.5, 0.6) is 11.5 Å². The quantitative estimate of drug-likeness (QED) is 0.196. The number of benzene rings is 3. The summed E-state index contributed by atoms with van der Waals surface area (Å²) in [5.41, 5.74) is 3.74. The summed E-state index contributed by atoms with van der Waals surface area (Å²) >= 11 is 3.40. The van der Waals surface area contributed by atoms with E-state index < -0.39 is 23.7 Å². The SMILES string of the molecule is CC1=CC(=O)C2=C(C1=O)[C@@H](c1ccc(OCc3ccccc3)cc1O)C1=CC[C@@H]3C(=O)N(c4ccc(Br)cc4)C(=O)[C@@H]3[C@@H]1C2. The predicted molar refractivity (Wildman–Crippen MR) is 167 cm³/mol. The first-order valence-corrected chi connectivity index (χ1v) is 15.4. The zero-order valence-corrected chi connectivity index (χ0v) is 25.4. The van der Waals surface area contributed by atoms with Crippen LogP contribution in [0.4, 0.5) is 5.69 Å². The number of nitrogens with zero attached hydrogens (tertiary/aromatic N) is 1. The highest BCUT2D eigenvalue weighted by molar-refractivity contribution is 9.10. The van der Waals surface area contributed by atoms with Gasteiger partial charge in [0.2, 0.25) is 11.8 Å². The molecule has 3 aromatic carbocycles. The summed E-state index contributed by atoms with van der Waals surface area (Å²) in [6.45, 7) is 1.94. The fourth-order valence-corrected chi connectivity index (χ4v) is 7.42. The van der Waals surface area contributed by atoms with Gasteiger partial charge < -0.3 is 9.84 Å². The average molecular weight is 651 g/mol. The predicted octanol–water partition coefficient (Wildman–Crippen LogP) is 6.37. The van der Waals surface area contributed by atoms with Crippen LogP contribution in [0.3, 0.4) is 0 Å². The van der Waals surface area contributed by atoms with Gasteiger partial charge in [0, 0.05) is 38.7 Å². The molecule has 4 aliphatic rings. The molecule has 1 fully saturated rings. The Bertz CT molecular complexity index is 1840. The second-order valence-corrected chi connectivity index (χ2v) is 12.6. The number of phenolic OH excluding ortho intramolecular Hbond substituents is 1. The maximum atomic E-state index is 14.0. The van der Waals surface area contributed by atoms with E-state index in [2.05, 4.69) is 15.9 Å². The zero-order chi connectivity index (χ0) is 30.7. The maximum absolute atomic E-state index is 14.0. The van der Waals surface area contributed by atoms with Crippen molar-refractivity contribution in [3.05, 3.63) is 123 Å². The normalized spacial score (nSPS) is 24.5. The van der Waals surface area contributed by atoms with E-state index in [1.54, 1.807) is 43.3 Å². The smallest absolute Gasteiger partial charge is 0.238 e. The second-order valence-electron chi connectivity index (χ2n) is 11.7. The monoisotopic (exact) mass is 649 g/mol. The molecule has 0 radical (unpaired) electrons. The number of carbonyl (C=O) groups is 4. The van der Waals surface area contributed by atoms with Crippen LogP contribution in [0.1, 0.15) is 36.8 Å². The Kier molecular flexibility index (Phi) is 6.97. The van der Waals surface area contributed by atoms with Gasteiger partial charge in [0.25, 0.3) is 0 Å². The Morgan fingerprint density at radius 1 is 0.932 bits per heavy atom. The summed E-state index contributed by atoms with van der Waals surface area (Å²) in [7, 11) is 0. The van der Waals surface area contributed by atoms with Gasteiger partial charge in [-0.2, -0.15) is 0 Å². The Labute approximate surface area is 262 Å². The molecule has 220 valence electrons. The van der Waals surface area contributed by atoms with Crippen molar-refractivity contribution in [2.45, 2.75) is 32.3 Å². The number of allylic oxidation sites excluding steroid dienone is 6. The maximum Gasteiger partial charge on any atom is 0.238 e. The molecule has 1 heterocycles. The van der Waals surface area contributed by atoms with Crippen molar-refractivity contribution in [3.63, 3.8) is 0 Å². The first-order valence-electron chi connectivity index (χ1n) is 14.6. The standard InChI is InChI=1S/C36H28BrNO6/c1-19-15-29(39)28-17-27-24(13-14-26-32(27)36(43)38(35(26)42)22-9-7-21(37)8-10-22)31(33(28)34(19)41)25-12-11-23(16-30(25)40)44-18-20-5-3-2-4-6-20/h2-13,15-16,26-27,31-32,40H,14,17-18H2,1H3/t26-,27+,31+,32-/m0/s1. The molecule has 0 bridgehead atoms. The lowest BCUT2D eigenvalue weighted by Crippen LogP contribution is -2.39. The molecule has 3 aromatic rings. The average Bonchev–Trinajstić information content (AvgIpc) is 3.28. The Morgan fingerprint density at radius 2 is 1.68 bits per heavy atom. The van der Waals surface area contributed by atoms with E-state index in [1.807, 2.05) is 36.4 Å². The van der Waals surface area contributed by atoms with Crippen LogP contribution in [0.15, 0.2) is 112 Å². The number of ketones is 2. The molecule has 0 aromatic heterocycles. The van der Waals surface area contributed by atoms with Crippen LogP contribution in [0.25, 0.3) is 0 Å². The Hall–Kier alpha value is -4.56. The molecule has 3 aliphatic carbocycles. The highest BCUT2D eigenvalue weighted by Crippen LogP contribution is 2.56. The minimum absolute atomic E-state index is 0.0751. The number of hydrogen-bond donors (Lipinski definition) is 1. The molecular formula is C36H28BrNO6. The van der Waals surface area contributed by atoms with Gasteiger partial charge in [-0.1, -0.05) is 64.0 Å². The molecule has 7 nitrogen and oxygen atoms in total. The third-order valence-electron chi connectivity index (χ3n) is 9.21. The van der Waals surface area contributed by atoms with E-state index in [-0.39, 0.29) is 35.6 Å². The van der Waals surface area contributed by atoms with Crippen molar-refractivity contribution in [2.75, 3.05) is 4.90 Å². The number of aromatic hydroxyl groups is 1. The number of Topliss-reactive ketones (excluding diaryl/α,β-unsaturated/α-hetero) is 1. The number of fused-ring (bicyclic) bond motifs is 3. The highest BCUT2D eigenvalue weighted by atomic mass is 79.9. The van der Waals surface area contributed by atoms with Crippen LogP contribution < -0.4 is 9.64 Å². The minimum Gasteiger partial charge on any atom is -0.507 e. The van der Waals surface area contributed by atoms with E-state index in [0.717, 1.165) is 15.6 Å². The number of halogens is 1. The van der Waals surface area contributed by atoms with Gasteiger partial charge in [0.1, 0.15) is 18.1 Å². The van der Waals surface area contributed by atoms with Crippen LogP contribution >= 0.6 is 15.9 Å². The van der Waals surface area contributed by atoms with Crippen molar-refractivity contribution in [2.24, 2.45) is 17.8 Å². The molecular weight excluding hydrogens is 622 g/mol. The summed E-state index contributed by atoms with van der Waals surface area (Å²) in [6.07, 6.45) is 3.80. The molecule has 4 atom stereocenters. The molecule has 1 aliphatic heterocycles. The van der Waals surface area contributed by atoms with Crippen molar-refractivity contribution in [3.8, 4) is 11.5 Å². The molecule has 0 saturated carbocycles. The van der Waals surface area contributed by atoms with Crippen molar-refractivity contribution < 1.29 is 29.0 Å². The molecule has 0 unspecified atom stereocenters. The molecule has 2 amide bonds. The van der Waals surface area contributed by atoms with Crippen molar-refractivity contribution >= 4 is 45.0 Å². The first kappa shape index (κ1) is 28.2. The summed E-state index contributed by atoms with van der Waals surface area (Å²) in [4.78, 5) is 56.0. The molecule has 1 saturated heterocycles. The lowest BCUT2D eigenvalue weighted by molar-refractivity contribution is -0.123.